The first-order valence-electron chi connectivity index (χ1n) is 8.29. The van der Waals surface area contributed by atoms with Gasteiger partial charge in [0, 0.05) is 18.9 Å². The van der Waals surface area contributed by atoms with Gasteiger partial charge in [0.15, 0.2) is 5.82 Å². The molecule has 4 saturated carbocycles. The van der Waals surface area contributed by atoms with Crippen molar-refractivity contribution in [3.05, 3.63) is 11.6 Å². The molecule has 0 saturated heterocycles. The van der Waals surface area contributed by atoms with Crippen LogP contribution in [0.5, 0.6) is 0 Å². The quantitative estimate of drug-likeness (QED) is 0.915. The lowest BCUT2D eigenvalue weighted by atomic mass is 9.49. The Morgan fingerprint density at radius 2 is 1.75 bits per heavy atom. The molecule has 0 aromatic carbocycles. The van der Waals surface area contributed by atoms with Crippen molar-refractivity contribution in [2.24, 2.45) is 30.5 Å². The molecule has 4 bridgehead atoms. The van der Waals surface area contributed by atoms with Crippen LogP contribution in [0.25, 0.3) is 0 Å². The van der Waals surface area contributed by atoms with Crippen molar-refractivity contribution in [2.75, 3.05) is 6.54 Å². The molecule has 2 N–H and O–H groups in total. The van der Waals surface area contributed by atoms with E-state index in [4.69, 9.17) is 10.7 Å². The first-order valence-corrected chi connectivity index (χ1v) is 8.29. The second-order valence-corrected chi connectivity index (χ2v) is 7.57. The molecule has 0 spiro atoms. The van der Waals surface area contributed by atoms with Crippen LogP contribution in [0.1, 0.15) is 56.6 Å². The molecule has 0 amide bonds. The highest BCUT2D eigenvalue weighted by atomic mass is 15.3. The lowest BCUT2D eigenvalue weighted by molar-refractivity contribution is -0.0110. The maximum atomic E-state index is 5.61. The SMILES string of the molecule is Cn1nc(CCCN)nc1C12CC3CC(CC(C3)C1)C2. The summed E-state index contributed by atoms with van der Waals surface area (Å²) < 4.78 is 2.08. The molecule has 1 heterocycles. The molecular formula is C16H26N4. The van der Waals surface area contributed by atoms with Crippen molar-refractivity contribution in [1.82, 2.24) is 14.8 Å². The van der Waals surface area contributed by atoms with Crippen LogP contribution in [-0.2, 0) is 18.9 Å². The monoisotopic (exact) mass is 274 g/mol. The van der Waals surface area contributed by atoms with Crippen LogP contribution in [0.2, 0.25) is 0 Å². The van der Waals surface area contributed by atoms with Crippen molar-refractivity contribution in [1.29, 1.82) is 0 Å². The molecule has 4 nitrogen and oxygen atoms in total. The summed E-state index contributed by atoms with van der Waals surface area (Å²) in [7, 11) is 2.09. The number of nitrogens with zero attached hydrogens (tertiary/aromatic N) is 3. The van der Waals surface area contributed by atoms with Gasteiger partial charge < -0.3 is 5.73 Å². The minimum Gasteiger partial charge on any atom is -0.330 e. The molecule has 1 aromatic rings. The highest BCUT2D eigenvalue weighted by Crippen LogP contribution is 2.60. The molecule has 0 aliphatic heterocycles. The summed E-state index contributed by atoms with van der Waals surface area (Å²) in [5, 5.41) is 4.66. The normalized spacial score (nSPS) is 38.6. The van der Waals surface area contributed by atoms with Crippen LogP contribution in [-0.4, -0.2) is 21.3 Å². The minimum absolute atomic E-state index is 0.359. The zero-order chi connectivity index (χ0) is 13.7. The van der Waals surface area contributed by atoms with Crippen LogP contribution in [0, 0.1) is 17.8 Å². The van der Waals surface area contributed by atoms with Gasteiger partial charge in [0.05, 0.1) is 0 Å². The Labute approximate surface area is 121 Å². The van der Waals surface area contributed by atoms with Gasteiger partial charge in [-0.25, -0.2) is 4.98 Å². The van der Waals surface area contributed by atoms with Crippen LogP contribution < -0.4 is 5.73 Å². The predicted octanol–water partition coefficient (Wildman–Crippen LogP) is 2.17. The maximum absolute atomic E-state index is 5.61. The van der Waals surface area contributed by atoms with Crippen molar-refractivity contribution >= 4 is 0 Å². The molecule has 1 aromatic heterocycles. The van der Waals surface area contributed by atoms with Crippen molar-refractivity contribution in [3.63, 3.8) is 0 Å². The molecule has 0 atom stereocenters. The Kier molecular flexibility index (Phi) is 2.92. The van der Waals surface area contributed by atoms with E-state index in [9.17, 15) is 0 Å². The fourth-order valence-electron chi connectivity index (χ4n) is 5.65. The highest BCUT2D eigenvalue weighted by Gasteiger charge is 2.53. The fraction of sp³-hybridized carbons (Fsp3) is 0.875. The van der Waals surface area contributed by atoms with Crippen LogP contribution in [0.4, 0.5) is 0 Å². The number of hydrogen-bond acceptors (Lipinski definition) is 3. The Hall–Kier alpha value is -0.900. The molecule has 110 valence electrons. The van der Waals surface area contributed by atoms with Crippen molar-refractivity contribution in [3.8, 4) is 0 Å². The van der Waals surface area contributed by atoms with Gasteiger partial charge in [-0.1, -0.05) is 0 Å². The zero-order valence-electron chi connectivity index (χ0n) is 12.5. The first kappa shape index (κ1) is 12.8. The maximum Gasteiger partial charge on any atom is 0.151 e. The summed E-state index contributed by atoms with van der Waals surface area (Å²) in [6.07, 6.45) is 10.5. The number of nitrogens with two attached hydrogens (primary N) is 1. The summed E-state index contributed by atoms with van der Waals surface area (Å²) in [5.74, 6) is 5.17. The van der Waals surface area contributed by atoms with Crippen LogP contribution in [0.3, 0.4) is 0 Å². The van der Waals surface area contributed by atoms with Crippen molar-refractivity contribution < 1.29 is 0 Å². The van der Waals surface area contributed by atoms with Crippen LogP contribution >= 0.6 is 0 Å². The van der Waals surface area contributed by atoms with Gasteiger partial charge >= 0.3 is 0 Å². The minimum atomic E-state index is 0.359. The fourth-order valence-corrected chi connectivity index (χ4v) is 5.65. The lowest BCUT2D eigenvalue weighted by Crippen LogP contribution is -2.49. The second kappa shape index (κ2) is 4.55. The summed E-state index contributed by atoms with van der Waals surface area (Å²) in [4.78, 5) is 4.93. The van der Waals surface area contributed by atoms with Crippen molar-refractivity contribution in [2.45, 2.75) is 56.8 Å². The summed E-state index contributed by atoms with van der Waals surface area (Å²) >= 11 is 0. The molecular weight excluding hydrogens is 248 g/mol. The molecule has 4 heteroatoms. The van der Waals surface area contributed by atoms with Gasteiger partial charge in [-0.2, -0.15) is 5.10 Å². The number of rotatable bonds is 4. The standard InChI is InChI=1S/C16H26N4/c1-20-15(18-14(19-20)3-2-4-17)16-8-11-5-12(9-16)7-13(6-11)10-16/h11-13H,2-10,17H2,1H3. The Morgan fingerprint density at radius 1 is 1.15 bits per heavy atom. The molecule has 0 unspecified atom stereocenters. The van der Waals surface area contributed by atoms with E-state index in [0.717, 1.165) is 43.0 Å². The Balaban J connectivity index is 1.65. The van der Waals surface area contributed by atoms with Crippen LogP contribution in [0.15, 0.2) is 0 Å². The third kappa shape index (κ3) is 1.92. The molecule has 4 aliphatic rings. The molecule has 4 aliphatic carbocycles. The molecule has 0 radical (unpaired) electrons. The van der Waals surface area contributed by atoms with Gasteiger partial charge in [0.1, 0.15) is 5.82 Å². The average Bonchev–Trinajstić information content (AvgIpc) is 2.77. The van der Waals surface area contributed by atoms with Gasteiger partial charge in [-0.15, -0.1) is 0 Å². The average molecular weight is 274 g/mol. The summed E-state index contributed by atoms with van der Waals surface area (Å²) in [6, 6.07) is 0. The third-order valence-electron chi connectivity index (χ3n) is 5.92. The van der Waals surface area contributed by atoms with E-state index in [1.54, 1.807) is 0 Å². The molecule has 5 rings (SSSR count). The lowest BCUT2D eigenvalue weighted by Gasteiger charge is -2.56. The Morgan fingerprint density at radius 3 is 2.30 bits per heavy atom. The predicted molar refractivity (Wildman–Crippen MR) is 78.2 cm³/mol. The topological polar surface area (TPSA) is 56.7 Å². The van der Waals surface area contributed by atoms with E-state index < -0.39 is 0 Å². The number of hydrogen-bond donors (Lipinski definition) is 1. The van der Waals surface area contributed by atoms with E-state index in [0.29, 0.717) is 5.41 Å². The van der Waals surface area contributed by atoms with Gasteiger partial charge in [0.25, 0.3) is 0 Å². The Bertz CT molecular complexity index is 469. The number of aromatic nitrogens is 3. The third-order valence-corrected chi connectivity index (χ3v) is 5.92. The number of aryl methyl sites for hydroxylation is 2. The van der Waals surface area contributed by atoms with E-state index in [-0.39, 0.29) is 0 Å². The van der Waals surface area contributed by atoms with E-state index in [1.807, 2.05) is 0 Å². The molecule has 20 heavy (non-hydrogen) atoms. The van der Waals surface area contributed by atoms with Gasteiger partial charge in [-0.3, -0.25) is 4.68 Å². The first-order chi connectivity index (χ1) is 9.68. The van der Waals surface area contributed by atoms with E-state index in [1.165, 1.54) is 44.3 Å². The van der Waals surface area contributed by atoms with E-state index >= 15 is 0 Å². The van der Waals surface area contributed by atoms with Gasteiger partial charge in [-0.05, 0) is 69.2 Å². The summed E-state index contributed by atoms with van der Waals surface area (Å²) in [5.41, 5.74) is 5.96. The highest BCUT2D eigenvalue weighted by molar-refractivity contribution is 5.18. The second-order valence-electron chi connectivity index (χ2n) is 7.57. The zero-order valence-corrected chi connectivity index (χ0v) is 12.5. The largest absolute Gasteiger partial charge is 0.330 e. The summed E-state index contributed by atoms with van der Waals surface area (Å²) in [6.45, 7) is 0.727. The van der Waals surface area contributed by atoms with Gasteiger partial charge in [0.2, 0.25) is 0 Å². The van der Waals surface area contributed by atoms with E-state index in [2.05, 4.69) is 16.8 Å². The molecule has 4 fully saturated rings. The smallest absolute Gasteiger partial charge is 0.151 e.